The summed E-state index contributed by atoms with van der Waals surface area (Å²) in [5.74, 6) is 0. The maximum absolute atomic E-state index is 5.90. The summed E-state index contributed by atoms with van der Waals surface area (Å²) >= 11 is 3.64. The smallest absolute Gasteiger partial charge is 0.0701 e. The number of rotatable bonds is 1. The predicted octanol–water partition coefficient (Wildman–Crippen LogP) is -0.390. The van der Waals surface area contributed by atoms with Gasteiger partial charge in [0.2, 0.25) is 0 Å². The maximum atomic E-state index is 5.90. The minimum atomic E-state index is 0.436. The molecular weight excluding hydrogens is 388 g/mol. The van der Waals surface area contributed by atoms with E-state index in [1.807, 2.05) is 0 Å². The highest BCUT2D eigenvalue weighted by molar-refractivity contribution is 9.09. The topological polar surface area (TPSA) is 58.2 Å². The van der Waals surface area contributed by atoms with E-state index < -0.39 is 0 Å². The molecule has 7 nitrogen and oxygen atoms in total. The molecule has 2 aliphatic rings. The molecule has 0 aromatic carbocycles. The fourth-order valence-corrected chi connectivity index (χ4v) is 3.47. The van der Waals surface area contributed by atoms with E-state index in [1.165, 1.54) is 0 Å². The molecule has 2 rings (SSSR count). The summed E-state index contributed by atoms with van der Waals surface area (Å²) in [6, 6.07) is 0.436. The van der Waals surface area contributed by atoms with Gasteiger partial charge in [0.1, 0.15) is 0 Å². The Morgan fingerprint density at radius 2 is 1.32 bits per heavy atom. The Bertz CT molecular complexity index is 326. The molecule has 2 heterocycles. The molecule has 2 N–H and O–H groups in total. The molecular formula is C17H35BrN4O3. The summed E-state index contributed by atoms with van der Waals surface area (Å²) in [6.07, 6.45) is 0. The van der Waals surface area contributed by atoms with Gasteiger partial charge in [0, 0.05) is 70.3 Å². The Labute approximate surface area is 160 Å². The second kappa shape index (κ2) is 14.3. The average molecular weight is 423 g/mol. The van der Waals surface area contributed by atoms with Crippen LogP contribution >= 0.6 is 15.9 Å². The van der Waals surface area contributed by atoms with Crippen LogP contribution in [0.1, 0.15) is 0 Å². The monoisotopic (exact) mass is 422 g/mol. The molecule has 25 heavy (non-hydrogen) atoms. The van der Waals surface area contributed by atoms with Gasteiger partial charge in [-0.05, 0) is 0 Å². The van der Waals surface area contributed by atoms with Crippen molar-refractivity contribution in [2.45, 2.75) is 6.04 Å². The fourth-order valence-electron chi connectivity index (χ4n) is 3.03. The van der Waals surface area contributed by atoms with Crippen LogP contribution in [0.4, 0.5) is 0 Å². The summed E-state index contributed by atoms with van der Waals surface area (Å²) in [5, 5.41) is 8.12. The lowest BCUT2D eigenvalue weighted by molar-refractivity contribution is 0.0317. The third kappa shape index (κ3) is 10.2. The molecule has 3 atom stereocenters. The van der Waals surface area contributed by atoms with Crippen molar-refractivity contribution < 1.29 is 14.2 Å². The van der Waals surface area contributed by atoms with E-state index in [0.717, 1.165) is 90.7 Å². The lowest BCUT2D eigenvalue weighted by atomic mass is 10.3. The molecule has 0 amide bonds. The summed E-state index contributed by atoms with van der Waals surface area (Å²) in [4.78, 5) is 4.85. The molecule has 0 aromatic heterocycles. The lowest BCUT2D eigenvalue weighted by Gasteiger charge is -2.27. The first-order valence-corrected chi connectivity index (χ1v) is 10.7. The van der Waals surface area contributed by atoms with Crippen molar-refractivity contribution in [2.24, 2.45) is 0 Å². The van der Waals surface area contributed by atoms with Crippen molar-refractivity contribution in [1.82, 2.24) is 20.4 Å². The van der Waals surface area contributed by atoms with Gasteiger partial charge in [0.25, 0.3) is 0 Å². The number of hydrogen-bond donors (Lipinski definition) is 2. The van der Waals surface area contributed by atoms with Crippen LogP contribution in [0.2, 0.25) is 0 Å². The van der Waals surface area contributed by atoms with Crippen molar-refractivity contribution >= 4 is 15.9 Å². The Morgan fingerprint density at radius 1 is 0.720 bits per heavy atom. The van der Waals surface area contributed by atoms with E-state index in [0.29, 0.717) is 19.3 Å². The molecule has 3 unspecified atom stereocenters. The van der Waals surface area contributed by atoms with E-state index in [9.17, 15) is 0 Å². The van der Waals surface area contributed by atoms with Crippen LogP contribution in [-0.2, 0) is 14.2 Å². The second-order valence-corrected chi connectivity index (χ2v) is 7.18. The number of fused-ring (bicyclic) bond motifs is 6. The zero-order valence-corrected chi connectivity index (χ0v) is 17.0. The molecule has 0 saturated carbocycles. The number of hydrogen-bond acceptors (Lipinski definition) is 7. The largest absolute Gasteiger partial charge is 0.379 e. The molecule has 0 radical (unpaired) electrons. The fraction of sp³-hybridized carbons (Fsp3) is 1.00. The van der Waals surface area contributed by atoms with Gasteiger partial charge in [-0.2, -0.15) is 0 Å². The molecule has 2 saturated heterocycles. The summed E-state index contributed by atoms with van der Waals surface area (Å²) < 4.78 is 17.3. The van der Waals surface area contributed by atoms with Crippen LogP contribution in [0.3, 0.4) is 0 Å². The zero-order valence-electron chi connectivity index (χ0n) is 15.4. The van der Waals surface area contributed by atoms with Gasteiger partial charge in [-0.3, -0.25) is 9.80 Å². The number of nitrogens with zero attached hydrogens (tertiary/aromatic N) is 2. The highest BCUT2D eigenvalue weighted by Crippen LogP contribution is 1.99. The molecule has 8 heteroatoms. The van der Waals surface area contributed by atoms with Crippen LogP contribution in [0.25, 0.3) is 0 Å². The molecule has 2 aliphatic heterocycles. The highest BCUT2D eigenvalue weighted by atomic mass is 79.9. The summed E-state index contributed by atoms with van der Waals surface area (Å²) in [7, 11) is 0. The number of nitrogens with one attached hydrogen (secondary N) is 2. The molecule has 2 fully saturated rings. The highest BCUT2D eigenvalue weighted by Gasteiger charge is 2.14. The second-order valence-electron chi connectivity index (χ2n) is 6.53. The first-order valence-electron chi connectivity index (χ1n) is 9.56. The zero-order chi connectivity index (χ0) is 17.6. The molecule has 2 bridgehead atoms. The SMILES string of the molecule is BrCC1CN2CCOCCOCCN(CCNCCN1)CCOCC2. The molecule has 0 spiro atoms. The van der Waals surface area contributed by atoms with Gasteiger partial charge in [0.15, 0.2) is 0 Å². The third-order valence-corrected chi connectivity index (χ3v) is 5.37. The van der Waals surface area contributed by atoms with Gasteiger partial charge in [0.05, 0.1) is 39.6 Å². The quantitative estimate of drug-likeness (QED) is 0.440. The van der Waals surface area contributed by atoms with Crippen molar-refractivity contribution in [1.29, 1.82) is 0 Å². The van der Waals surface area contributed by atoms with Crippen molar-refractivity contribution in [3.63, 3.8) is 0 Å². The van der Waals surface area contributed by atoms with Crippen molar-refractivity contribution in [3.05, 3.63) is 0 Å². The van der Waals surface area contributed by atoms with E-state index in [1.54, 1.807) is 0 Å². The molecule has 0 aliphatic carbocycles. The van der Waals surface area contributed by atoms with Crippen LogP contribution < -0.4 is 10.6 Å². The predicted molar refractivity (Wildman–Crippen MR) is 104 cm³/mol. The van der Waals surface area contributed by atoms with Crippen LogP contribution in [0.15, 0.2) is 0 Å². The Balaban J connectivity index is 1.95. The summed E-state index contributed by atoms with van der Waals surface area (Å²) in [5.41, 5.74) is 0. The van der Waals surface area contributed by atoms with Gasteiger partial charge >= 0.3 is 0 Å². The minimum absolute atomic E-state index is 0.436. The third-order valence-electron chi connectivity index (χ3n) is 4.58. The molecule has 0 aromatic rings. The van der Waals surface area contributed by atoms with Crippen LogP contribution in [0, 0.1) is 0 Å². The van der Waals surface area contributed by atoms with Gasteiger partial charge in [-0.25, -0.2) is 0 Å². The maximum Gasteiger partial charge on any atom is 0.0701 e. The van der Waals surface area contributed by atoms with E-state index in [4.69, 9.17) is 14.2 Å². The first-order chi connectivity index (χ1) is 12.4. The standard InChI is InChI=1S/C17H35BrN4O3/c18-15-17-16-22-7-11-23-9-5-21(4-3-19-1-2-20-17)6-10-24-13-14-25-12-8-22/h17,19-20H,1-16H2. The van der Waals surface area contributed by atoms with Crippen molar-refractivity contribution in [3.8, 4) is 0 Å². The van der Waals surface area contributed by atoms with Gasteiger partial charge in [-0.15, -0.1) is 0 Å². The summed E-state index contributed by atoms with van der Waals surface area (Å²) in [6.45, 7) is 13.2. The number of alkyl halides is 1. The van der Waals surface area contributed by atoms with E-state index in [-0.39, 0.29) is 0 Å². The van der Waals surface area contributed by atoms with E-state index >= 15 is 0 Å². The molecule has 148 valence electrons. The van der Waals surface area contributed by atoms with E-state index in [2.05, 4.69) is 36.4 Å². The average Bonchev–Trinajstić information content (AvgIpc) is 2.64. The van der Waals surface area contributed by atoms with Gasteiger partial charge in [-0.1, -0.05) is 15.9 Å². The van der Waals surface area contributed by atoms with Crippen molar-refractivity contribution in [2.75, 3.05) is 104 Å². The Hall–Kier alpha value is 0.200. The number of ether oxygens (including phenoxy) is 3. The normalized spacial score (nSPS) is 32.8. The van der Waals surface area contributed by atoms with Crippen LogP contribution in [-0.4, -0.2) is 120 Å². The minimum Gasteiger partial charge on any atom is -0.379 e. The van der Waals surface area contributed by atoms with Gasteiger partial charge < -0.3 is 24.8 Å². The lowest BCUT2D eigenvalue weighted by Crippen LogP contribution is -2.46. The Morgan fingerprint density at radius 3 is 1.96 bits per heavy atom. The van der Waals surface area contributed by atoms with Crippen LogP contribution in [0.5, 0.6) is 0 Å². The first kappa shape index (κ1) is 21.5. The number of halogens is 1. The Kier molecular flexibility index (Phi) is 12.3.